The van der Waals surface area contributed by atoms with Crippen LogP contribution in [0.5, 0.6) is 11.6 Å². The highest BCUT2D eigenvalue weighted by Crippen LogP contribution is 2.23. The maximum atomic E-state index is 13.3. The van der Waals surface area contributed by atoms with Gasteiger partial charge in [-0.3, -0.25) is 0 Å². The van der Waals surface area contributed by atoms with E-state index in [2.05, 4.69) is 4.98 Å². The normalized spacial score (nSPS) is 10.1. The van der Waals surface area contributed by atoms with Crippen LogP contribution < -0.4 is 10.5 Å². The smallest absolute Gasteiger partial charge is 0.219 e. The van der Waals surface area contributed by atoms with Crippen molar-refractivity contribution in [3.63, 3.8) is 0 Å². The second-order valence-electron chi connectivity index (χ2n) is 3.36. The fourth-order valence-corrected chi connectivity index (χ4v) is 1.25. The monoisotopic (exact) mass is 218 g/mol. The number of halogens is 1. The molecule has 0 aliphatic heterocycles. The van der Waals surface area contributed by atoms with Gasteiger partial charge in [0.25, 0.3) is 0 Å². The molecule has 0 aliphatic rings. The molecule has 82 valence electrons. The number of benzene rings is 1. The summed E-state index contributed by atoms with van der Waals surface area (Å²) in [6.07, 6.45) is 0. The van der Waals surface area contributed by atoms with Crippen LogP contribution in [0.3, 0.4) is 0 Å². The summed E-state index contributed by atoms with van der Waals surface area (Å²) in [6, 6.07) is 9.46. The Kier molecular flexibility index (Phi) is 2.72. The lowest BCUT2D eigenvalue weighted by atomic mass is 10.3. The quantitative estimate of drug-likeness (QED) is 0.843. The van der Waals surface area contributed by atoms with Gasteiger partial charge in [0.05, 0.1) is 11.4 Å². The molecule has 0 amide bonds. The summed E-state index contributed by atoms with van der Waals surface area (Å²) in [7, 11) is 0. The molecule has 0 fully saturated rings. The van der Waals surface area contributed by atoms with E-state index in [4.69, 9.17) is 10.5 Å². The number of aryl methyl sites for hydroxylation is 1. The second-order valence-corrected chi connectivity index (χ2v) is 3.36. The number of anilines is 1. The number of rotatable bonds is 2. The first kappa shape index (κ1) is 10.4. The van der Waals surface area contributed by atoms with Crippen molar-refractivity contribution in [2.75, 3.05) is 5.73 Å². The zero-order chi connectivity index (χ0) is 11.5. The number of hydrogen-bond acceptors (Lipinski definition) is 3. The minimum Gasteiger partial charge on any atom is -0.436 e. The molecule has 3 nitrogen and oxygen atoms in total. The molecule has 0 aliphatic carbocycles. The molecule has 0 bridgehead atoms. The molecular weight excluding hydrogens is 207 g/mol. The van der Waals surface area contributed by atoms with Crippen molar-refractivity contribution >= 4 is 5.69 Å². The van der Waals surface area contributed by atoms with Crippen LogP contribution in [-0.4, -0.2) is 4.98 Å². The largest absolute Gasteiger partial charge is 0.436 e. The molecule has 0 radical (unpaired) electrons. The molecule has 1 aromatic carbocycles. The summed E-state index contributed by atoms with van der Waals surface area (Å²) in [6.45, 7) is 1.77. The zero-order valence-corrected chi connectivity index (χ0v) is 8.77. The van der Waals surface area contributed by atoms with Crippen molar-refractivity contribution in [1.82, 2.24) is 4.98 Å². The van der Waals surface area contributed by atoms with Crippen LogP contribution in [-0.2, 0) is 0 Å². The van der Waals surface area contributed by atoms with E-state index in [1.165, 1.54) is 6.07 Å². The van der Waals surface area contributed by atoms with Crippen molar-refractivity contribution < 1.29 is 9.13 Å². The molecule has 2 aromatic rings. The Morgan fingerprint density at radius 3 is 2.62 bits per heavy atom. The van der Waals surface area contributed by atoms with Gasteiger partial charge in [-0.2, -0.15) is 0 Å². The molecule has 16 heavy (non-hydrogen) atoms. The fraction of sp³-hybridized carbons (Fsp3) is 0.0833. The molecular formula is C12H11FN2O. The predicted octanol–water partition coefficient (Wildman–Crippen LogP) is 2.90. The summed E-state index contributed by atoms with van der Waals surface area (Å²) in [5, 5.41) is 0. The van der Waals surface area contributed by atoms with Gasteiger partial charge in [-0.1, -0.05) is 12.1 Å². The van der Waals surface area contributed by atoms with Gasteiger partial charge in [-0.05, 0) is 25.1 Å². The Balaban J connectivity index is 2.28. The summed E-state index contributed by atoms with van der Waals surface area (Å²) < 4.78 is 18.6. The number of nitrogen functional groups attached to an aromatic ring is 1. The van der Waals surface area contributed by atoms with Gasteiger partial charge < -0.3 is 10.5 Å². The molecule has 0 saturated heterocycles. The maximum absolute atomic E-state index is 13.3. The first-order valence-corrected chi connectivity index (χ1v) is 4.82. The van der Waals surface area contributed by atoms with E-state index < -0.39 is 5.82 Å². The van der Waals surface area contributed by atoms with Gasteiger partial charge in [-0.25, -0.2) is 9.37 Å². The van der Waals surface area contributed by atoms with Crippen molar-refractivity contribution in [3.8, 4) is 11.6 Å². The van der Waals surface area contributed by atoms with Crippen molar-refractivity contribution in [2.24, 2.45) is 0 Å². The summed E-state index contributed by atoms with van der Waals surface area (Å²) in [4.78, 5) is 4.10. The number of para-hydroxylation sites is 1. The number of pyridine rings is 1. The van der Waals surface area contributed by atoms with Gasteiger partial charge in [0.1, 0.15) is 0 Å². The number of nitrogens with zero attached hydrogens (tertiary/aromatic N) is 1. The first-order valence-electron chi connectivity index (χ1n) is 4.82. The lowest BCUT2D eigenvalue weighted by molar-refractivity contribution is 0.427. The third-order valence-corrected chi connectivity index (χ3v) is 2.15. The topological polar surface area (TPSA) is 48.1 Å². The predicted molar refractivity (Wildman–Crippen MR) is 59.9 cm³/mol. The fourth-order valence-electron chi connectivity index (χ4n) is 1.25. The molecule has 1 heterocycles. The van der Waals surface area contributed by atoms with Crippen LogP contribution in [0.2, 0.25) is 0 Å². The average molecular weight is 218 g/mol. The van der Waals surface area contributed by atoms with Crippen molar-refractivity contribution in [2.45, 2.75) is 6.92 Å². The molecule has 2 N–H and O–H groups in total. The molecule has 1 aromatic heterocycles. The van der Waals surface area contributed by atoms with Crippen molar-refractivity contribution in [3.05, 3.63) is 47.9 Å². The van der Waals surface area contributed by atoms with E-state index in [0.717, 1.165) is 0 Å². The van der Waals surface area contributed by atoms with Gasteiger partial charge in [0, 0.05) is 6.07 Å². The van der Waals surface area contributed by atoms with Crippen LogP contribution >= 0.6 is 0 Å². The number of nitrogens with two attached hydrogens (primary N) is 1. The molecule has 0 spiro atoms. The second kappa shape index (κ2) is 4.18. The number of hydrogen-bond donors (Lipinski definition) is 1. The summed E-state index contributed by atoms with van der Waals surface area (Å²) in [5.74, 6) is 0.0646. The minimum absolute atomic E-state index is 0.152. The first-order chi connectivity index (χ1) is 7.66. The SMILES string of the molecule is Cc1nc(Oc2ccccc2F)ccc1N. The highest BCUT2D eigenvalue weighted by molar-refractivity contribution is 5.44. The lowest BCUT2D eigenvalue weighted by Crippen LogP contribution is -1.96. The van der Waals surface area contributed by atoms with Gasteiger partial charge in [0.15, 0.2) is 11.6 Å². The Morgan fingerprint density at radius 1 is 1.19 bits per heavy atom. The lowest BCUT2D eigenvalue weighted by Gasteiger charge is -2.07. The minimum atomic E-state index is -0.418. The highest BCUT2D eigenvalue weighted by atomic mass is 19.1. The van der Waals surface area contributed by atoms with Crippen molar-refractivity contribution in [1.29, 1.82) is 0 Å². The van der Waals surface area contributed by atoms with Crippen LogP contribution in [0.25, 0.3) is 0 Å². The van der Waals surface area contributed by atoms with E-state index in [0.29, 0.717) is 17.3 Å². The molecule has 0 unspecified atom stereocenters. The summed E-state index contributed by atoms with van der Waals surface area (Å²) >= 11 is 0. The van der Waals surface area contributed by atoms with E-state index in [-0.39, 0.29) is 5.75 Å². The standard InChI is InChI=1S/C12H11FN2O/c1-8-10(14)6-7-12(15-8)16-11-5-3-2-4-9(11)13/h2-7H,14H2,1H3. The van der Waals surface area contributed by atoms with E-state index in [1.54, 1.807) is 37.3 Å². The Morgan fingerprint density at radius 2 is 1.94 bits per heavy atom. The van der Waals surface area contributed by atoms with Crippen LogP contribution in [0.15, 0.2) is 36.4 Å². The zero-order valence-electron chi connectivity index (χ0n) is 8.77. The van der Waals surface area contributed by atoms with Crippen LogP contribution in [0.4, 0.5) is 10.1 Å². The van der Waals surface area contributed by atoms with Crippen LogP contribution in [0.1, 0.15) is 5.69 Å². The van der Waals surface area contributed by atoms with Gasteiger partial charge in [0.2, 0.25) is 5.88 Å². The molecule has 0 saturated carbocycles. The van der Waals surface area contributed by atoms with E-state index in [9.17, 15) is 4.39 Å². The Hall–Kier alpha value is -2.10. The highest BCUT2D eigenvalue weighted by Gasteiger charge is 2.05. The average Bonchev–Trinajstić information content (AvgIpc) is 2.27. The third-order valence-electron chi connectivity index (χ3n) is 2.15. The summed E-state index contributed by atoms with van der Waals surface area (Å²) in [5.41, 5.74) is 6.86. The molecule has 0 atom stereocenters. The van der Waals surface area contributed by atoms with Gasteiger partial charge >= 0.3 is 0 Å². The number of aromatic nitrogens is 1. The van der Waals surface area contributed by atoms with E-state index >= 15 is 0 Å². The molecule has 2 rings (SSSR count). The van der Waals surface area contributed by atoms with Gasteiger partial charge in [-0.15, -0.1) is 0 Å². The Bertz CT molecular complexity index is 514. The number of ether oxygens (including phenoxy) is 1. The third kappa shape index (κ3) is 2.11. The maximum Gasteiger partial charge on any atom is 0.219 e. The molecule has 4 heteroatoms. The van der Waals surface area contributed by atoms with Crippen LogP contribution in [0, 0.1) is 12.7 Å². The van der Waals surface area contributed by atoms with E-state index in [1.807, 2.05) is 0 Å². The Labute approximate surface area is 92.7 Å².